The molecular formula is C13H22BrN5. The van der Waals surface area contributed by atoms with Crippen LogP contribution in [-0.2, 0) is 0 Å². The van der Waals surface area contributed by atoms with Crippen molar-refractivity contribution in [3.05, 3.63) is 10.8 Å². The minimum absolute atomic E-state index is 0.645. The summed E-state index contributed by atoms with van der Waals surface area (Å²) in [7, 11) is 1.86. The molecule has 6 heteroatoms. The Kier molecular flexibility index (Phi) is 4.99. The number of hydrogen-bond acceptors (Lipinski definition) is 5. The van der Waals surface area contributed by atoms with E-state index in [-0.39, 0.29) is 0 Å². The predicted octanol–water partition coefficient (Wildman–Crippen LogP) is 2.42. The summed E-state index contributed by atoms with van der Waals surface area (Å²) >= 11 is 3.53. The molecule has 0 bridgehead atoms. The molecule has 106 valence electrons. The Labute approximate surface area is 123 Å². The zero-order valence-electron chi connectivity index (χ0n) is 11.8. The van der Waals surface area contributed by atoms with E-state index in [0.29, 0.717) is 12.0 Å². The number of anilines is 2. The lowest BCUT2D eigenvalue weighted by Gasteiger charge is -2.20. The first-order chi connectivity index (χ1) is 9.11. The van der Waals surface area contributed by atoms with E-state index in [4.69, 9.17) is 0 Å². The Bertz CT molecular complexity index is 423. The topological polar surface area (TPSA) is 53.1 Å². The summed E-state index contributed by atoms with van der Waals surface area (Å²) in [4.78, 5) is 11.0. The van der Waals surface area contributed by atoms with Gasteiger partial charge in [0.1, 0.15) is 22.4 Å². The first kappa shape index (κ1) is 14.5. The minimum Gasteiger partial charge on any atom is -0.372 e. The molecule has 1 aromatic heterocycles. The van der Waals surface area contributed by atoms with Crippen molar-refractivity contribution in [1.82, 2.24) is 14.9 Å². The summed E-state index contributed by atoms with van der Waals surface area (Å²) in [6.45, 7) is 7.86. The maximum Gasteiger partial charge on any atom is 0.145 e. The lowest BCUT2D eigenvalue weighted by atomic mass is 10.1. The SMILES string of the molecule is CNc1ncnc(NCC2CCN(C(C)C)C2)c1Br. The maximum absolute atomic E-state index is 4.28. The molecular weight excluding hydrogens is 306 g/mol. The molecule has 19 heavy (non-hydrogen) atoms. The number of aromatic nitrogens is 2. The van der Waals surface area contributed by atoms with Crippen LogP contribution in [0.4, 0.5) is 11.6 Å². The van der Waals surface area contributed by atoms with Crippen LogP contribution in [0.1, 0.15) is 20.3 Å². The summed E-state index contributed by atoms with van der Waals surface area (Å²) in [5.74, 6) is 2.37. The minimum atomic E-state index is 0.645. The molecule has 0 amide bonds. The van der Waals surface area contributed by atoms with Gasteiger partial charge in [0.2, 0.25) is 0 Å². The third kappa shape index (κ3) is 3.57. The van der Waals surface area contributed by atoms with Crippen molar-refractivity contribution in [3.63, 3.8) is 0 Å². The summed E-state index contributed by atoms with van der Waals surface area (Å²) < 4.78 is 0.899. The third-order valence-corrected chi connectivity index (χ3v) is 4.38. The zero-order chi connectivity index (χ0) is 13.8. The Balaban J connectivity index is 1.90. The number of hydrogen-bond donors (Lipinski definition) is 2. The van der Waals surface area contributed by atoms with Crippen LogP contribution in [0.5, 0.6) is 0 Å². The number of nitrogens with zero attached hydrogens (tertiary/aromatic N) is 3. The molecule has 1 aromatic rings. The highest BCUT2D eigenvalue weighted by atomic mass is 79.9. The summed E-state index contributed by atoms with van der Waals surface area (Å²) in [5, 5.41) is 6.46. The first-order valence-corrected chi connectivity index (χ1v) is 7.57. The summed E-state index contributed by atoms with van der Waals surface area (Å²) in [6, 6.07) is 0.645. The molecule has 0 aromatic carbocycles. The molecule has 2 rings (SSSR count). The third-order valence-electron chi connectivity index (χ3n) is 3.63. The predicted molar refractivity (Wildman–Crippen MR) is 82.6 cm³/mol. The van der Waals surface area contributed by atoms with Gasteiger partial charge < -0.3 is 15.5 Å². The van der Waals surface area contributed by atoms with E-state index in [1.54, 1.807) is 6.33 Å². The van der Waals surface area contributed by atoms with E-state index < -0.39 is 0 Å². The average Bonchev–Trinajstić information content (AvgIpc) is 2.86. The van der Waals surface area contributed by atoms with E-state index in [9.17, 15) is 0 Å². The normalized spacial score (nSPS) is 19.9. The Hall–Kier alpha value is -0.880. The van der Waals surface area contributed by atoms with Crippen molar-refractivity contribution in [2.45, 2.75) is 26.3 Å². The fourth-order valence-electron chi connectivity index (χ4n) is 2.41. The smallest absolute Gasteiger partial charge is 0.145 e. The Morgan fingerprint density at radius 2 is 2.16 bits per heavy atom. The molecule has 2 N–H and O–H groups in total. The van der Waals surface area contributed by atoms with Crippen LogP contribution in [0.25, 0.3) is 0 Å². The molecule has 0 spiro atoms. The zero-order valence-corrected chi connectivity index (χ0v) is 13.4. The highest BCUT2D eigenvalue weighted by molar-refractivity contribution is 9.10. The van der Waals surface area contributed by atoms with Gasteiger partial charge in [-0.3, -0.25) is 0 Å². The van der Waals surface area contributed by atoms with Gasteiger partial charge in [-0.2, -0.15) is 0 Å². The number of halogens is 1. The van der Waals surface area contributed by atoms with Crippen LogP contribution in [0.15, 0.2) is 10.8 Å². The Morgan fingerprint density at radius 3 is 2.79 bits per heavy atom. The van der Waals surface area contributed by atoms with E-state index in [0.717, 1.165) is 22.7 Å². The Morgan fingerprint density at radius 1 is 1.42 bits per heavy atom. The van der Waals surface area contributed by atoms with E-state index in [1.165, 1.54) is 19.5 Å². The van der Waals surface area contributed by atoms with Crippen LogP contribution >= 0.6 is 15.9 Å². The fraction of sp³-hybridized carbons (Fsp3) is 0.692. The quantitative estimate of drug-likeness (QED) is 0.869. The van der Waals surface area contributed by atoms with Crippen LogP contribution in [-0.4, -0.2) is 47.6 Å². The highest BCUT2D eigenvalue weighted by Gasteiger charge is 2.24. The van der Waals surface area contributed by atoms with Crippen molar-refractivity contribution < 1.29 is 0 Å². The van der Waals surface area contributed by atoms with Crippen molar-refractivity contribution >= 4 is 27.6 Å². The molecule has 1 atom stereocenters. The second-order valence-electron chi connectivity index (χ2n) is 5.26. The van der Waals surface area contributed by atoms with Gasteiger partial charge in [0.05, 0.1) is 0 Å². The van der Waals surface area contributed by atoms with Crippen molar-refractivity contribution in [2.75, 3.05) is 37.3 Å². The van der Waals surface area contributed by atoms with Crippen molar-refractivity contribution in [3.8, 4) is 0 Å². The van der Waals surface area contributed by atoms with Crippen molar-refractivity contribution in [1.29, 1.82) is 0 Å². The summed E-state index contributed by atoms with van der Waals surface area (Å²) in [6.07, 6.45) is 2.83. The van der Waals surface area contributed by atoms with Gasteiger partial charge in [-0.25, -0.2) is 9.97 Å². The maximum atomic E-state index is 4.28. The molecule has 1 aliphatic rings. The van der Waals surface area contributed by atoms with Crippen LogP contribution in [0.3, 0.4) is 0 Å². The second-order valence-corrected chi connectivity index (χ2v) is 6.05. The summed E-state index contributed by atoms with van der Waals surface area (Å²) in [5.41, 5.74) is 0. The largest absolute Gasteiger partial charge is 0.372 e. The molecule has 5 nitrogen and oxygen atoms in total. The van der Waals surface area contributed by atoms with Crippen LogP contribution < -0.4 is 10.6 Å². The lowest BCUT2D eigenvalue weighted by Crippen LogP contribution is -2.29. The number of rotatable bonds is 5. The standard InChI is InChI=1S/C13H22BrN5/c1-9(2)19-5-4-10(7-19)6-16-13-11(14)12(15-3)17-8-18-13/h8-10H,4-7H2,1-3H3,(H2,15,16,17,18). The van der Waals surface area contributed by atoms with Gasteiger partial charge in [-0.05, 0) is 48.7 Å². The molecule has 1 aliphatic heterocycles. The van der Waals surface area contributed by atoms with Crippen LogP contribution in [0.2, 0.25) is 0 Å². The highest BCUT2D eigenvalue weighted by Crippen LogP contribution is 2.27. The first-order valence-electron chi connectivity index (χ1n) is 6.78. The molecule has 1 unspecified atom stereocenters. The van der Waals surface area contributed by atoms with Gasteiger partial charge in [0, 0.05) is 26.2 Å². The average molecular weight is 328 g/mol. The lowest BCUT2D eigenvalue weighted by molar-refractivity contribution is 0.266. The van der Waals surface area contributed by atoms with Gasteiger partial charge in [0.25, 0.3) is 0 Å². The molecule has 0 radical (unpaired) electrons. The molecule has 2 heterocycles. The molecule has 1 fully saturated rings. The molecule has 1 saturated heterocycles. The van der Waals surface area contributed by atoms with Gasteiger partial charge >= 0.3 is 0 Å². The van der Waals surface area contributed by atoms with Gasteiger partial charge in [0.15, 0.2) is 0 Å². The van der Waals surface area contributed by atoms with Gasteiger partial charge in [-0.15, -0.1) is 0 Å². The van der Waals surface area contributed by atoms with E-state index in [1.807, 2.05) is 7.05 Å². The fourth-order valence-corrected chi connectivity index (χ4v) is 2.95. The van der Waals surface area contributed by atoms with E-state index in [2.05, 4.69) is 55.3 Å². The number of likely N-dealkylation sites (tertiary alicyclic amines) is 1. The van der Waals surface area contributed by atoms with E-state index >= 15 is 0 Å². The van der Waals surface area contributed by atoms with Gasteiger partial charge in [-0.1, -0.05) is 0 Å². The van der Waals surface area contributed by atoms with Crippen LogP contribution in [0, 0.1) is 5.92 Å². The number of nitrogens with one attached hydrogen (secondary N) is 2. The molecule has 0 saturated carbocycles. The molecule has 0 aliphatic carbocycles. The second kappa shape index (κ2) is 6.52. The monoisotopic (exact) mass is 327 g/mol. The van der Waals surface area contributed by atoms with Crippen molar-refractivity contribution in [2.24, 2.45) is 5.92 Å².